The van der Waals surface area contributed by atoms with E-state index in [0.717, 1.165) is 31.1 Å². The number of hydrogen-bond donors (Lipinski definition) is 3. The average molecular weight is 334 g/mol. The van der Waals surface area contributed by atoms with Crippen molar-refractivity contribution < 1.29 is 9.53 Å². The second kappa shape index (κ2) is 11.5. The zero-order chi connectivity index (χ0) is 17.8. The van der Waals surface area contributed by atoms with Crippen LogP contribution in [0.25, 0.3) is 0 Å². The van der Waals surface area contributed by atoms with Crippen LogP contribution < -0.4 is 16.4 Å². The predicted octanol–water partition coefficient (Wildman–Crippen LogP) is 1.90. The molecule has 0 aliphatic rings. The van der Waals surface area contributed by atoms with Crippen molar-refractivity contribution in [3.8, 4) is 0 Å². The molecule has 6 heteroatoms. The highest BCUT2D eigenvalue weighted by Crippen LogP contribution is 2.06. The van der Waals surface area contributed by atoms with Gasteiger partial charge in [-0.3, -0.25) is 4.79 Å². The summed E-state index contributed by atoms with van der Waals surface area (Å²) in [6.07, 6.45) is 1.07. The quantitative estimate of drug-likeness (QED) is 0.346. The molecule has 0 radical (unpaired) electrons. The first kappa shape index (κ1) is 20.0. The second-order valence-corrected chi connectivity index (χ2v) is 5.98. The minimum Gasteiger partial charge on any atom is -0.380 e. The Morgan fingerprint density at radius 3 is 2.75 bits per heavy atom. The van der Waals surface area contributed by atoms with Crippen LogP contribution in [0.2, 0.25) is 0 Å². The maximum absolute atomic E-state index is 11.2. The van der Waals surface area contributed by atoms with Crippen LogP contribution in [0.5, 0.6) is 0 Å². The third-order valence-corrected chi connectivity index (χ3v) is 3.35. The van der Waals surface area contributed by atoms with Crippen LogP contribution >= 0.6 is 0 Å². The maximum atomic E-state index is 11.2. The van der Waals surface area contributed by atoms with E-state index in [1.165, 1.54) is 0 Å². The number of aliphatic imine (C=N–C) groups is 1. The lowest BCUT2D eigenvalue weighted by atomic mass is 10.1. The molecule has 0 spiro atoms. The van der Waals surface area contributed by atoms with Crippen LogP contribution in [0.15, 0.2) is 29.3 Å². The fraction of sp³-hybridized carbons (Fsp3) is 0.556. The first-order valence-corrected chi connectivity index (χ1v) is 8.51. The van der Waals surface area contributed by atoms with E-state index in [-0.39, 0.29) is 0 Å². The number of nitrogens with zero attached hydrogens (tertiary/aromatic N) is 1. The molecule has 0 aliphatic heterocycles. The number of amides is 1. The molecule has 1 amide bonds. The Morgan fingerprint density at radius 2 is 2.08 bits per heavy atom. The van der Waals surface area contributed by atoms with Crippen LogP contribution in [0, 0.1) is 5.92 Å². The molecule has 0 unspecified atom stereocenters. The van der Waals surface area contributed by atoms with Gasteiger partial charge in [-0.05, 0) is 37.0 Å². The molecule has 4 N–H and O–H groups in total. The van der Waals surface area contributed by atoms with Gasteiger partial charge in [0.2, 0.25) is 5.91 Å². The monoisotopic (exact) mass is 334 g/mol. The van der Waals surface area contributed by atoms with Crippen molar-refractivity contribution >= 4 is 11.9 Å². The first-order chi connectivity index (χ1) is 11.5. The largest absolute Gasteiger partial charge is 0.380 e. The maximum Gasteiger partial charge on any atom is 0.248 e. The molecule has 0 atom stereocenters. The van der Waals surface area contributed by atoms with E-state index < -0.39 is 5.91 Å². The van der Waals surface area contributed by atoms with E-state index in [1.54, 1.807) is 12.1 Å². The standard InChI is InChI=1S/C18H30N4O2/c1-4-20-18(21-9-11-24-10-8-14(2)3)22-13-15-6-5-7-16(12-15)17(19)23/h5-7,12,14H,4,8-11,13H2,1-3H3,(H2,19,23)(H2,20,21,22). The van der Waals surface area contributed by atoms with Gasteiger partial charge in [-0.2, -0.15) is 0 Å². The molecule has 0 saturated heterocycles. The van der Waals surface area contributed by atoms with Gasteiger partial charge in [-0.1, -0.05) is 26.0 Å². The number of guanidine groups is 1. The topological polar surface area (TPSA) is 88.7 Å². The predicted molar refractivity (Wildman–Crippen MR) is 98.1 cm³/mol. The van der Waals surface area contributed by atoms with Crippen LogP contribution in [-0.2, 0) is 11.3 Å². The molecule has 0 aromatic heterocycles. The average Bonchev–Trinajstić information content (AvgIpc) is 2.55. The van der Waals surface area contributed by atoms with Gasteiger partial charge in [-0.15, -0.1) is 0 Å². The van der Waals surface area contributed by atoms with E-state index in [9.17, 15) is 4.79 Å². The highest BCUT2D eigenvalue weighted by molar-refractivity contribution is 5.92. The number of benzene rings is 1. The van der Waals surface area contributed by atoms with Crippen molar-refractivity contribution in [1.82, 2.24) is 10.6 Å². The normalized spacial score (nSPS) is 11.6. The number of carbonyl (C=O) groups excluding carboxylic acids is 1. The van der Waals surface area contributed by atoms with Crippen LogP contribution in [-0.4, -0.2) is 38.2 Å². The van der Waals surface area contributed by atoms with E-state index in [2.05, 4.69) is 29.5 Å². The van der Waals surface area contributed by atoms with Gasteiger partial charge in [-0.25, -0.2) is 4.99 Å². The summed E-state index contributed by atoms with van der Waals surface area (Å²) in [4.78, 5) is 15.7. The summed E-state index contributed by atoms with van der Waals surface area (Å²) in [6.45, 7) is 9.78. The molecule has 0 fully saturated rings. The van der Waals surface area contributed by atoms with E-state index in [1.807, 2.05) is 19.1 Å². The van der Waals surface area contributed by atoms with Crippen molar-refractivity contribution in [2.45, 2.75) is 33.7 Å². The summed E-state index contributed by atoms with van der Waals surface area (Å²) in [6, 6.07) is 7.21. The molecule has 1 aromatic rings. The minimum atomic E-state index is -0.426. The van der Waals surface area contributed by atoms with Crippen LogP contribution in [0.1, 0.15) is 43.1 Å². The molecule has 0 aliphatic carbocycles. The molecule has 0 bridgehead atoms. The Hall–Kier alpha value is -2.08. The second-order valence-electron chi connectivity index (χ2n) is 5.98. The van der Waals surface area contributed by atoms with Crippen molar-refractivity contribution in [2.24, 2.45) is 16.6 Å². The fourth-order valence-corrected chi connectivity index (χ4v) is 2.00. The number of rotatable bonds is 10. The molecular weight excluding hydrogens is 304 g/mol. The Morgan fingerprint density at radius 1 is 1.29 bits per heavy atom. The van der Waals surface area contributed by atoms with Crippen molar-refractivity contribution in [3.63, 3.8) is 0 Å². The van der Waals surface area contributed by atoms with Crippen molar-refractivity contribution in [2.75, 3.05) is 26.3 Å². The lowest BCUT2D eigenvalue weighted by Crippen LogP contribution is -2.39. The number of nitrogens with two attached hydrogens (primary N) is 1. The SMILES string of the molecule is CCNC(=NCc1cccc(C(N)=O)c1)NCCOCCC(C)C. The molecule has 1 rings (SSSR count). The van der Waals surface area contributed by atoms with Gasteiger partial charge in [0.05, 0.1) is 13.2 Å². The summed E-state index contributed by atoms with van der Waals surface area (Å²) < 4.78 is 5.58. The highest BCUT2D eigenvalue weighted by Gasteiger charge is 2.02. The van der Waals surface area contributed by atoms with Crippen molar-refractivity contribution in [3.05, 3.63) is 35.4 Å². The van der Waals surface area contributed by atoms with Crippen molar-refractivity contribution in [1.29, 1.82) is 0 Å². The molecule has 134 valence electrons. The Kier molecular flexibility index (Phi) is 9.53. The molecular formula is C18H30N4O2. The van der Waals surface area contributed by atoms with Gasteiger partial charge in [0.25, 0.3) is 0 Å². The summed E-state index contributed by atoms with van der Waals surface area (Å²) >= 11 is 0. The third kappa shape index (κ3) is 8.53. The van der Waals surface area contributed by atoms with Gasteiger partial charge in [0.15, 0.2) is 5.96 Å². The molecule has 0 heterocycles. The Labute approximate surface area is 144 Å². The summed E-state index contributed by atoms with van der Waals surface area (Å²) in [5, 5.41) is 6.43. The zero-order valence-corrected chi connectivity index (χ0v) is 15.0. The first-order valence-electron chi connectivity index (χ1n) is 8.51. The minimum absolute atomic E-state index is 0.426. The Bertz CT molecular complexity index is 530. The molecule has 6 nitrogen and oxygen atoms in total. The number of hydrogen-bond acceptors (Lipinski definition) is 3. The van der Waals surface area contributed by atoms with Gasteiger partial charge >= 0.3 is 0 Å². The summed E-state index contributed by atoms with van der Waals surface area (Å²) in [7, 11) is 0. The van der Waals surface area contributed by atoms with E-state index in [4.69, 9.17) is 10.5 Å². The van der Waals surface area contributed by atoms with Crippen LogP contribution in [0.4, 0.5) is 0 Å². The third-order valence-electron chi connectivity index (χ3n) is 3.35. The molecule has 24 heavy (non-hydrogen) atoms. The summed E-state index contributed by atoms with van der Waals surface area (Å²) in [5.41, 5.74) is 6.74. The fourth-order valence-electron chi connectivity index (χ4n) is 2.00. The number of nitrogens with one attached hydrogen (secondary N) is 2. The molecule has 1 aromatic carbocycles. The van der Waals surface area contributed by atoms with Crippen LogP contribution in [0.3, 0.4) is 0 Å². The number of ether oxygens (including phenoxy) is 1. The van der Waals surface area contributed by atoms with Gasteiger partial charge < -0.3 is 21.1 Å². The zero-order valence-electron chi connectivity index (χ0n) is 15.0. The lowest BCUT2D eigenvalue weighted by molar-refractivity contribution is 0.1000. The van der Waals surface area contributed by atoms with E-state index in [0.29, 0.717) is 31.2 Å². The van der Waals surface area contributed by atoms with E-state index >= 15 is 0 Å². The van der Waals surface area contributed by atoms with Gasteiger partial charge in [0, 0.05) is 25.3 Å². The number of carbonyl (C=O) groups is 1. The van der Waals surface area contributed by atoms with Gasteiger partial charge in [0.1, 0.15) is 0 Å². The Balaban J connectivity index is 2.44. The molecule has 0 saturated carbocycles. The smallest absolute Gasteiger partial charge is 0.248 e. The summed E-state index contributed by atoms with van der Waals surface area (Å²) in [5.74, 6) is 0.965. The lowest BCUT2D eigenvalue weighted by Gasteiger charge is -2.12. The highest BCUT2D eigenvalue weighted by atomic mass is 16.5. The number of primary amides is 1.